The van der Waals surface area contributed by atoms with Crippen molar-refractivity contribution in [2.45, 2.75) is 46.2 Å². The number of hydrogen-bond donors (Lipinski definition) is 1. The van der Waals surface area contributed by atoms with E-state index < -0.39 is 0 Å². The number of nitrogens with one attached hydrogen (secondary N) is 1. The van der Waals surface area contributed by atoms with E-state index in [1.54, 1.807) is 10.5 Å². The fourth-order valence-electron chi connectivity index (χ4n) is 4.66. The number of nitrogens with zero attached hydrogens (tertiary/aromatic N) is 5. The van der Waals surface area contributed by atoms with Crippen LogP contribution in [-0.4, -0.2) is 43.9 Å². The molecule has 1 fully saturated rings. The summed E-state index contributed by atoms with van der Waals surface area (Å²) < 4.78 is 3.68. The smallest absolute Gasteiger partial charge is 0.258 e. The first-order valence-electron chi connectivity index (χ1n) is 10.9. The summed E-state index contributed by atoms with van der Waals surface area (Å²) in [6, 6.07) is 8.55. The van der Waals surface area contributed by atoms with E-state index in [0.29, 0.717) is 23.4 Å². The van der Waals surface area contributed by atoms with Gasteiger partial charge in [0.1, 0.15) is 11.3 Å². The molecule has 1 aliphatic rings. The Morgan fingerprint density at radius 2 is 1.84 bits per heavy atom. The van der Waals surface area contributed by atoms with E-state index in [0.717, 1.165) is 47.7 Å². The van der Waals surface area contributed by atoms with Gasteiger partial charge in [-0.1, -0.05) is 6.92 Å². The number of anilines is 1. The van der Waals surface area contributed by atoms with Gasteiger partial charge in [-0.15, -0.1) is 0 Å². The van der Waals surface area contributed by atoms with Crippen molar-refractivity contribution < 1.29 is 0 Å². The minimum atomic E-state index is -0.0713. The van der Waals surface area contributed by atoms with E-state index >= 15 is 0 Å². The lowest BCUT2D eigenvalue weighted by Crippen LogP contribution is -2.54. The first-order valence-corrected chi connectivity index (χ1v) is 10.9. The lowest BCUT2D eigenvalue weighted by molar-refractivity contribution is 0.407. The fraction of sp³-hybridized carbons (Fsp3) is 0.375. The summed E-state index contributed by atoms with van der Waals surface area (Å²) in [5.41, 5.74) is 6.33. The normalized spacial score (nSPS) is 19.4. The maximum atomic E-state index is 13.0. The van der Waals surface area contributed by atoms with Crippen LogP contribution < -0.4 is 15.8 Å². The molecule has 5 rings (SSSR count). The zero-order valence-corrected chi connectivity index (χ0v) is 18.5. The fourth-order valence-corrected chi connectivity index (χ4v) is 4.66. The lowest BCUT2D eigenvalue weighted by Gasteiger charge is -2.37. The molecule has 0 bridgehead atoms. The molecular formula is C24H28N6O. The van der Waals surface area contributed by atoms with Crippen LogP contribution in [-0.2, 0) is 6.42 Å². The minimum absolute atomic E-state index is 0.0713. The van der Waals surface area contributed by atoms with Gasteiger partial charge in [0.15, 0.2) is 0 Å². The zero-order valence-electron chi connectivity index (χ0n) is 18.5. The third-order valence-electron chi connectivity index (χ3n) is 5.99. The van der Waals surface area contributed by atoms with Gasteiger partial charge in [0.05, 0.1) is 17.1 Å². The van der Waals surface area contributed by atoms with Crippen LogP contribution in [0.2, 0.25) is 0 Å². The quantitative estimate of drug-likeness (QED) is 0.556. The second-order valence-corrected chi connectivity index (χ2v) is 8.69. The average Bonchev–Trinajstić information content (AvgIpc) is 3.12. The van der Waals surface area contributed by atoms with Crippen molar-refractivity contribution in [1.29, 1.82) is 0 Å². The highest BCUT2D eigenvalue weighted by molar-refractivity contribution is 5.66. The molecule has 0 radical (unpaired) electrons. The summed E-state index contributed by atoms with van der Waals surface area (Å²) >= 11 is 0. The molecule has 7 nitrogen and oxygen atoms in total. The summed E-state index contributed by atoms with van der Waals surface area (Å²) in [6.07, 6.45) is 6.79. The molecule has 1 saturated heterocycles. The largest absolute Gasteiger partial charge is 0.367 e. The van der Waals surface area contributed by atoms with E-state index in [1.165, 1.54) is 0 Å². The van der Waals surface area contributed by atoms with Crippen molar-refractivity contribution in [3.05, 3.63) is 64.5 Å². The van der Waals surface area contributed by atoms with Crippen LogP contribution in [0.5, 0.6) is 0 Å². The highest BCUT2D eigenvalue weighted by Gasteiger charge is 2.21. The van der Waals surface area contributed by atoms with E-state index in [1.807, 2.05) is 36.0 Å². The third kappa shape index (κ3) is 3.59. The summed E-state index contributed by atoms with van der Waals surface area (Å²) in [5, 5.41) is 3.55. The van der Waals surface area contributed by atoms with Gasteiger partial charge in [0.25, 0.3) is 5.56 Å². The Hall–Kier alpha value is -3.19. The Kier molecular flexibility index (Phi) is 4.78. The molecule has 31 heavy (non-hydrogen) atoms. The van der Waals surface area contributed by atoms with Gasteiger partial charge in [0.2, 0.25) is 0 Å². The molecule has 5 heterocycles. The van der Waals surface area contributed by atoms with E-state index in [9.17, 15) is 4.79 Å². The number of aryl methyl sites for hydroxylation is 2. The number of aromatic nitrogens is 4. The van der Waals surface area contributed by atoms with Crippen LogP contribution >= 0.6 is 0 Å². The van der Waals surface area contributed by atoms with Crippen LogP contribution in [0.15, 0.2) is 47.7 Å². The van der Waals surface area contributed by atoms with Gasteiger partial charge in [-0.25, -0.2) is 9.97 Å². The van der Waals surface area contributed by atoms with Gasteiger partial charge in [-0.3, -0.25) is 9.20 Å². The van der Waals surface area contributed by atoms with E-state index in [2.05, 4.69) is 48.1 Å². The van der Waals surface area contributed by atoms with Crippen LogP contribution in [0.4, 0.5) is 5.69 Å². The average molecular weight is 417 g/mol. The number of imidazole rings is 1. The molecule has 4 aromatic rings. The van der Waals surface area contributed by atoms with Crippen molar-refractivity contribution in [3.8, 4) is 11.3 Å². The number of piperazine rings is 1. The number of pyridine rings is 2. The first-order chi connectivity index (χ1) is 14.9. The topological polar surface area (TPSA) is 66.9 Å². The molecule has 0 unspecified atom stereocenters. The summed E-state index contributed by atoms with van der Waals surface area (Å²) in [4.78, 5) is 24.8. The maximum absolute atomic E-state index is 13.0. The predicted molar refractivity (Wildman–Crippen MR) is 124 cm³/mol. The first kappa shape index (κ1) is 19.8. The Labute approximate surface area is 181 Å². The predicted octanol–water partition coefficient (Wildman–Crippen LogP) is 3.07. The molecule has 160 valence electrons. The molecule has 2 atom stereocenters. The highest BCUT2D eigenvalue weighted by Crippen LogP contribution is 2.23. The number of hydrogen-bond acceptors (Lipinski definition) is 5. The second kappa shape index (κ2) is 7.50. The van der Waals surface area contributed by atoms with Crippen molar-refractivity contribution in [1.82, 2.24) is 24.1 Å². The Balaban J connectivity index is 1.58. The maximum Gasteiger partial charge on any atom is 0.258 e. The molecule has 1 N–H and O–H groups in total. The molecule has 0 spiro atoms. The standard InChI is InChI=1S/C24H28N6O/c1-5-18-8-19(13-29-12-17(4)26-24(18)29)21-9-23(31)30-14-20(6-7-22(30)27-21)28-10-15(2)25-16(3)11-28/h6-9,12-16,25H,5,10-11H2,1-4H3/t15-,16+. The molecular weight excluding hydrogens is 388 g/mol. The molecule has 4 aromatic heterocycles. The molecule has 0 amide bonds. The molecule has 7 heteroatoms. The van der Waals surface area contributed by atoms with Gasteiger partial charge in [-0.2, -0.15) is 0 Å². The van der Waals surface area contributed by atoms with Crippen LogP contribution in [0.1, 0.15) is 32.0 Å². The molecule has 0 saturated carbocycles. The minimum Gasteiger partial charge on any atom is -0.367 e. The zero-order chi connectivity index (χ0) is 21.7. The van der Waals surface area contributed by atoms with E-state index in [-0.39, 0.29) is 5.56 Å². The van der Waals surface area contributed by atoms with Gasteiger partial charge < -0.3 is 14.6 Å². The van der Waals surface area contributed by atoms with Crippen LogP contribution in [0.3, 0.4) is 0 Å². The van der Waals surface area contributed by atoms with Gasteiger partial charge >= 0.3 is 0 Å². The Morgan fingerprint density at radius 1 is 1.06 bits per heavy atom. The lowest BCUT2D eigenvalue weighted by atomic mass is 10.1. The molecule has 0 aromatic carbocycles. The van der Waals surface area contributed by atoms with Crippen LogP contribution in [0, 0.1) is 6.92 Å². The summed E-state index contributed by atoms with van der Waals surface area (Å²) in [7, 11) is 0. The van der Waals surface area contributed by atoms with E-state index in [4.69, 9.17) is 4.98 Å². The Bertz CT molecular complexity index is 1330. The number of rotatable bonds is 3. The van der Waals surface area contributed by atoms with Gasteiger partial charge in [-0.05, 0) is 51.0 Å². The summed E-state index contributed by atoms with van der Waals surface area (Å²) in [5.74, 6) is 0. The molecule has 0 aliphatic carbocycles. The summed E-state index contributed by atoms with van der Waals surface area (Å²) in [6.45, 7) is 10.3. The monoisotopic (exact) mass is 416 g/mol. The Morgan fingerprint density at radius 3 is 2.58 bits per heavy atom. The van der Waals surface area contributed by atoms with Crippen molar-refractivity contribution >= 4 is 17.0 Å². The van der Waals surface area contributed by atoms with Crippen molar-refractivity contribution in [2.24, 2.45) is 0 Å². The number of fused-ring (bicyclic) bond motifs is 2. The highest BCUT2D eigenvalue weighted by atomic mass is 16.1. The molecule has 1 aliphatic heterocycles. The van der Waals surface area contributed by atoms with Crippen LogP contribution in [0.25, 0.3) is 22.6 Å². The van der Waals surface area contributed by atoms with Gasteiger partial charge in [0, 0.05) is 55.4 Å². The van der Waals surface area contributed by atoms with Crippen molar-refractivity contribution in [3.63, 3.8) is 0 Å². The second-order valence-electron chi connectivity index (χ2n) is 8.69. The third-order valence-corrected chi connectivity index (χ3v) is 5.99. The SMILES string of the molecule is CCc1cc(-c2cc(=O)n3cc(N4C[C@@H](C)N[C@@H](C)C4)ccc3n2)cn2cc(C)nc12. The van der Waals surface area contributed by atoms with Crippen molar-refractivity contribution in [2.75, 3.05) is 18.0 Å².